The summed E-state index contributed by atoms with van der Waals surface area (Å²) in [7, 11) is 0. The Balaban J connectivity index is 0.00000240. The van der Waals surface area contributed by atoms with Gasteiger partial charge in [0, 0.05) is 32.0 Å². The Kier molecular flexibility index (Phi) is 5.91. The normalized spacial score (nSPS) is 13.0. The summed E-state index contributed by atoms with van der Waals surface area (Å²) in [5.74, 6) is -1.61. The number of pyridine rings is 2. The minimum Gasteiger partial charge on any atom is -0.503 e. The van der Waals surface area contributed by atoms with E-state index in [2.05, 4.69) is 4.98 Å². The lowest BCUT2D eigenvalue weighted by molar-refractivity contribution is 0.0683. The van der Waals surface area contributed by atoms with E-state index in [1.807, 2.05) is 0 Å². The first kappa shape index (κ1) is 20.8. The molecule has 0 saturated carbocycles. The Morgan fingerprint density at radius 2 is 1.97 bits per heavy atom. The highest BCUT2D eigenvalue weighted by Crippen LogP contribution is 2.25. The Hall–Kier alpha value is -2.90. The van der Waals surface area contributed by atoms with Gasteiger partial charge in [-0.05, 0) is 29.8 Å². The summed E-state index contributed by atoms with van der Waals surface area (Å²) < 4.78 is 14.9. The molecule has 2 aromatic heterocycles. The van der Waals surface area contributed by atoms with Gasteiger partial charge >= 0.3 is 0 Å². The number of benzene rings is 1. The van der Waals surface area contributed by atoms with Gasteiger partial charge in [0.15, 0.2) is 11.4 Å². The summed E-state index contributed by atoms with van der Waals surface area (Å²) in [4.78, 5) is 31.1. The average molecular weight is 436 g/mol. The van der Waals surface area contributed by atoms with Crippen LogP contribution < -0.4 is 5.43 Å². The lowest BCUT2D eigenvalue weighted by Crippen LogP contribution is -2.41. The third-order valence-electron chi connectivity index (χ3n) is 4.66. The molecule has 0 radical (unpaired) electrons. The van der Waals surface area contributed by atoms with Crippen LogP contribution >= 0.6 is 24.0 Å². The molecule has 0 atom stereocenters. The van der Waals surface area contributed by atoms with Crippen molar-refractivity contribution in [3.63, 3.8) is 0 Å². The van der Waals surface area contributed by atoms with Gasteiger partial charge in [-0.15, -0.1) is 12.4 Å². The molecule has 0 bridgehead atoms. The number of hydrogen-bond acceptors (Lipinski definition) is 4. The lowest BCUT2D eigenvalue weighted by atomic mass is 10.1. The van der Waals surface area contributed by atoms with Crippen LogP contribution in [0.4, 0.5) is 4.39 Å². The zero-order valence-corrected chi connectivity index (χ0v) is 16.6. The van der Waals surface area contributed by atoms with Crippen molar-refractivity contribution < 1.29 is 14.3 Å². The first-order valence-corrected chi connectivity index (χ1v) is 8.94. The Morgan fingerprint density at radius 1 is 1.17 bits per heavy atom. The van der Waals surface area contributed by atoms with E-state index in [1.54, 1.807) is 41.2 Å². The van der Waals surface area contributed by atoms with Crippen molar-refractivity contribution in [3.05, 3.63) is 81.1 Å². The molecule has 3 aromatic rings. The number of hydrogen-bond donors (Lipinski definition) is 1. The second-order valence-corrected chi connectivity index (χ2v) is 6.86. The molecule has 6 nitrogen and oxygen atoms in total. The summed E-state index contributed by atoms with van der Waals surface area (Å²) in [6.45, 7) is 0.947. The van der Waals surface area contributed by atoms with Gasteiger partial charge in [0.05, 0.1) is 16.3 Å². The van der Waals surface area contributed by atoms with Crippen molar-refractivity contribution in [2.24, 2.45) is 0 Å². The predicted octanol–water partition coefficient (Wildman–Crippen LogP) is 3.49. The van der Waals surface area contributed by atoms with Crippen molar-refractivity contribution in [1.29, 1.82) is 0 Å². The van der Waals surface area contributed by atoms with Crippen molar-refractivity contribution in [1.82, 2.24) is 14.5 Å². The predicted molar refractivity (Wildman–Crippen MR) is 109 cm³/mol. The van der Waals surface area contributed by atoms with Crippen LogP contribution in [0.1, 0.15) is 16.1 Å². The first-order chi connectivity index (χ1) is 13.5. The van der Waals surface area contributed by atoms with E-state index < -0.39 is 22.9 Å². The average Bonchev–Trinajstić information content (AvgIpc) is 2.70. The quantitative estimate of drug-likeness (QED) is 0.682. The molecule has 29 heavy (non-hydrogen) atoms. The van der Waals surface area contributed by atoms with Crippen molar-refractivity contribution in [2.75, 3.05) is 6.54 Å². The SMILES string of the molecule is Cl.O=C1c2c(O)c(=O)c(-c3ccccn3)cn2CCN1Cc1ccc(F)c(Cl)c1. The van der Waals surface area contributed by atoms with Crippen molar-refractivity contribution in [2.45, 2.75) is 13.1 Å². The summed E-state index contributed by atoms with van der Waals surface area (Å²) >= 11 is 5.80. The maximum absolute atomic E-state index is 13.3. The Labute approximate surface area is 176 Å². The second-order valence-electron chi connectivity index (χ2n) is 6.45. The van der Waals surface area contributed by atoms with Crippen LogP contribution in [0.2, 0.25) is 5.02 Å². The fraction of sp³-hybridized carbons (Fsp3) is 0.150. The minimum absolute atomic E-state index is 0. The molecule has 1 aliphatic rings. The molecular formula is C20H16Cl2FN3O3. The van der Waals surface area contributed by atoms with E-state index in [-0.39, 0.29) is 35.2 Å². The maximum Gasteiger partial charge on any atom is 0.274 e. The van der Waals surface area contributed by atoms with E-state index in [0.29, 0.717) is 24.3 Å². The van der Waals surface area contributed by atoms with E-state index in [0.717, 1.165) is 0 Å². The molecule has 1 N–H and O–H groups in total. The molecule has 9 heteroatoms. The molecule has 0 spiro atoms. The highest BCUT2D eigenvalue weighted by Gasteiger charge is 2.30. The molecule has 1 amide bonds. The summed E-state index contributed by atoms with van der Waals surface area (Å²) in [6.07, 6.45) is 3.10. The first-order valence-electron chi connectivity index (χ1n) is 8.56. The van der Waals surface area contributed by atoms with Gasteiger partial charge in [-0.2, -0.15) is 0 Å². The number of aromatic hydroxyl groups is 1. The fourth-order valence-electron chi connectivity index (χ4n) is 3.24. The highest BCUT2D eigenvalue weighted by molar-refractivity contribution is 6.30. The number of fused-ring (bicyclic) bond motifs is 1. The monoisotopic (exact) mass is 435 g/mol. The van der Waals surface area contributed by atoms with Gasteiger partial charge in [-0.25, -0.2) is 4.39 Å². The van der Waals surface area contributed by atoms with Crippen LogP contribution in [0.3, 0.4) is 0 Å². The summed E-state index contributed by atoms with van der Waals surface area (Å²) in [5.41, 5.74) is 0.594. The maximum atomic E-state index is 13.3. The zero-order valence-electron chi connectivity index (χ0n) is 15.0. The molecular weight excluding hydrogens is 420 g/mol. The fourth-order valence-corrected chi connectivity index (χ4v) is 3.45. The number of amides is 1. The van der Waals surface area contributed by atoms with Gasteiger partial charge < -0.3 is 14.6 Å². The van der Waals surface area contributed by atoms with Crippen LogP contribution in [-0.2, 0) is 13.1 Å². The number of nitrogens with zero attached hydrogens (tertiary/aromatic N) is 3. The summed E-state index contributed by atoms with van der Waals surface area (Å²) in [5, 5.41) is 10.4. The van der Waals surface area contributed by atoms with E-state index >= 15 is 0 Å². The van der Waals surface area contributed by atoms with Gasteiger partial charge in [0.1, 0.15) is 5.82 Å². The molecule has 0 aliphatic carbocycles. The molecule has 150 valence electrons. The molecule has 1 aliphatic heterocycles. The zero-order chi connectivity index (χ0) is 19.8. The van der Waals surface area contributed by atoms with Crippen LogP contribution in [0.25, 0.3) is 11.3 Å². The highest BCUT2D eigenvalue weighted by atomic mass is 35.5. The summed E-state index contributed by atoms with van der Waals surface area (Å²) in [6, 6.07) is 9.36. The minimum atomic E-state index is -0.648. The van der Waals surface area contributed by atoms with Crippen LogP contribution in [0, 0.1) is 5.82 Å². The number of halogens is 3. The van der Waals surface area contributed by atoms with E-state index in [1.165, 1.54) is 17.0 Å². The number of aromatic nitrogens is 2. The number of carbonyl (C=O) groups excluding carboxylic acids is 1. The Morgan fingerprint density at radius 3 is 2.66 bits per heavy atom. The molecule has 0 saturated heterocycles. The van der Waals surface area contributed by atoms with E-state index in [9.17, 15) is 19.1 Å². The molecule has 1 aromatic carbocycles. The van der Waals surface area contributed by atoms with E-state index in [4.69, 9.17) is 11.6 Å². The van der Waals surface area contributed by atoms with Crippen LogP contribution in [0.15, 0.2) is 53.6 Å². The van der Waals surface area contributed by atoms with Gasteiger partial charge in [0.2, 0.25) is 5.43 Å². The second kappa shape index (κ2) is 8.23. The topological polar surface area (TPSA) is 75.4 Å². The standard InChI is InChI=1S/C20H15ClFN3O3.ClH/c21-14-9-12(4-5-15(14)22)10-25-8-7-24-11-13(16-3-1-2-6-23-16)18(26)19(27)17(24)20(25)28;/h1-6,9,11,27H,7-8,10H2;1H. The van der Waals surface area contributed by atoms with Gasteiger partial charge in [0.25, 0.3) is 5.91 Å². The molecule has 4 rings (SSSR count). The number of carbonyl (C=O) groups is 1. The largest absolute Gasteiger partial charge is 0.503 e. The lowest BCUT2D eigenvalue weighted by Gasteiger charge is -2.30. The van der Waals surface area contributed by atoms with Gasteiger partial charge in [-0.1, -0.05) is 23.7 Å². The van der Waals surface area contributed by atoms with Crippen molar-refractivity contribution >= 4 is 29.9 Å². The molecule has 0 fully saturated rings. The van der Waals surface area contributed by atoms with Gasteiger partial charge in [-0.3, -0.25) is 14.6 Å². The number of rotatable bonds is 3. The Bertz CT molecular complexity index is 1140. The third-order valence-corrected chi connectivity index (χ3v) is 4.94. The molecule has 0 unspecified atom stereocenters. The smallest absolute Gasteiger partial charge is 0.274 e. The third kappa shape index (κ3) is 3.83. The van der Waals surface area contributed by atoms with Crippen LogP contribution in [0.5, 0.6) is 5.75 Å². The molecule has 3 heterocycles. The van der Waals surface area contributed by atoms with Crippen LogP contribution in [-0.4, -0.2) is 32.0 Å². The van der Waals surface area contributed by atoms with Crippen molar-refractivity contribution in [3.8, 4) is 17.0 Å².